The molecule has 32 heavy (non-hydrogen) atoms. The number of carbonyl (C=O) groups is 1. The number of likely N-dealkylation sites (N-methyl/N-ethyl adjacent to an activating group) is 1. The van der Waals surface area contributed by atoms with Gasteiger partial charge in [-0.2, -0.15) is 26.3 Å². The van der Waals surface area contributed by atoms with Gasteiger partial charge in [0, 0.05) is 36.6 Å². The molecule has 3 heterocycles. The summed E-state index contributed by atoms with van der Waals surface area (Å²) in [7, 11) is 1.12. The molecule has 0 fully saturated rings. The second-order valence-electron chi connectivity index (χ2n) is 6.80. The minimum absolute atomic E-state index is 0.127. The number of hydrogen-bond acceptors (Lipinski definition) is 5. The van der Waals surface area contributed by atoms with Crippen LogP contribution in [0.25, 0.3) is 22.4 Å². The summed E-state index contributed by atoms with van der Waals surface area (Å²) < 4.78 is 77.8. The third-order valence-electron chi connectivity index (χ3n) is 4.57. The lowest BCUT2D eigenvalue weighted by Gasteiger charge is -2.27. The molecule has 14 heteroatoms. The Bertz CT molecular complexity index is 1150. The van der Waals surface area contributed by atoms with Gasteiger partial charge in [-0.05, 0) is 13.0 Å². The topological polar surface area (TPSA) is 86.8 Å². The van der Waals surface area contributed by atoms with Crippen LogP contribution >= 0.6 is 11.6 Å². The molecule has 0 aliphatic carbocycles. The van der Waals surface area contributed by atoms with Crippen LogP contribution in [0.5, 0.6) is 0 Å². The summed E-state index contributed by atoms with van der Waals surface area (Å²) in [6.07, 6.45) is -6.20. The molecule has 0 spiro atoms. The van der Waals surface area contributed by atoms with E-state index in [0.29, 0.717) is 22.8 Å². The summed E-state index contributed by atoms with van der Waals surface area (Å²) in [5, 5.41) is 2.37. The second kappa shape index (κ2) is 8.45. The average molecular weight is 481 g/mol. The van der Waals surface area contributed by atoms with Crippen LogP contribution in [0.15, 0.2) is 24.7 Å². The smallest absolute Gasteiger partial charge is 0.347 e. The first-order valence-corrected chi connectivity index (χ1v) is 9.30. The maximum atomic E-state index is 13.6. The number of fused-ring (bicyclic) bond motifs is 1. The number of pyridine rings is 1. The zero-order chi connectivity index (χ0) is 23.8. The minimum atomic E-state index is -4.88. The molecule has 172 valence electrons. The van der Waals surface area contributed by atoms with E-state index in [-0.39, 0.29) is 10.8 Å². The van der Waals surface area contributed by atoms with E-state index in [2.05, 4.69) is 19.9 Å². The molecule has 0 radical (unpaired) electrons. The molecule has 0 unspecified atom stereocenters. The van der Waals surface area contributed by atoms with E-state index in [4.69, 9.17) is 11.6 Å². The zero-order valence-electron chi connectivity index (χ0n) is 16.4. The largest absolute Gasteiger partial charge is 0.421 e. The van der Waals surface area contributed by atoms with Gasteiger partial charge in [0.25, 0.3) is 0 Å². The van der Waals surface area contributed by atoms with Crippen molar-refractivity contribution < 1.29 is 31.1 Å². The Kier molecular flexibility index (Phi) is 6.22. The van der Waals surface area contributed by atoms with Crippen molar-refractivity contribution >= 4 is 34.4 Å². The van der Waals surface area contributed by atoms with Gasteiger partial charge >= 0.3 is 12.4 Å². The third-order valence-corrected chi connectivity index (χ3v) is 4.78. The molecule has 1 atom stereocenters. The molecule has 1 amide bonds. The van der Waals surface area contributed by atoms with Crippen LogP contribution in [0.1, 0.15) is 12.5 Å². The monoisotopic (exact) mass is 480 g/mol. The van der Waals surface area contributed by atoms with Gasteiger partial charge in [-0.3, -0.25) is 4.79 Å². The first-order valence-electron chi connectivity index (χ1n) is 8.92. The molecule has 2 N–H and O–H groups in total. The number of carbonyl (C=O) groups excluding carboxylic acids is 1. The molecule has 0 aromatic carbocycles. The lowest BCUT2D eigenvalue weighted by atomic mass is 10.2. The number of nitrogens with zero attached hydrogens (tertiary/aromatic N) is 4. The van der Waals surface area contributed by atoms with Crippen molar-refractivity contribution in [3.05, 3.63) is 35.2 Å². The maximum absolute atomic E-state index is 13.6. The standard InChI is InChI=1S/C18H15ClF6N6O/c1-8(16(32)29-7-17(20,21)22)31(2)15-12(18(23,24)25)6-28-14(30-15)11-5-27-13-10(11)3-9(19)4-26-13/h3-6,8H,7H2,1-2H3,(H,26,27)(H,29,32)/t8-/m0/s1. The number of nitrogens with one attached hydrogen (secondary N) is 2. The van der Waals surface area contributed by atoms with Crippen LogP contribution in [0.2, 0.25) is 5.02 Å². The fourth-order valence-electron chi connectivity index (χ4n) is 2.83. The Labute approximate surface area is 181 Å². The Morgan fingerprint density at radius 2 is 1.91 bits per heavy atom. The predicted molar refractivity (Wildman–Crippen MR) is 104 cm³/mol. The summed E-state index contributed by atoms with van der Waals surface area (Å²) in [4.78, 5) is 27.6. The number of hydrogen-bond donors (Lipinski definition) is 2. The normalized spacial score (nSPS) is 13.3. The van der Waals surface area contributed by atoms with Crippen molar-refractivity contribution in [1.29, 1.82) is 0 Å². The third kappa shape index (κ3) is 5.03. The molecule has 0 saturated carbocycles. The van der Waals surface area contributed by atoms with E-state index in [9.17, 15) is 31.1 Å². The second-order valence-corrected chi connectivity index (χ2v) is 7.24. The lowest BCUT2D eigenvalue weighted by molar-refractivity contribution is -0.139. The lowest BCUT2D eigenvalue weighted by Crippen LogP contribution is -2.46. The zero-order valence-corrected chi connectivity index (χ0v) is 17.2. The number of amides is 1. The highest BCUT2D eigenvalue weighted by atomic mass is 35.5. The van der Waals surface area contributed by atoms with Gasteiger partial charge in [-0.25, -0.2) is 15.0 Å². The number of aromatic nitrogens is 4. The van der Waals surface area contributed by atoms with Crippen LogP contribution in [0.4, 0.5) is 32.2 Å². The number of anilines is 1. The van der Waals surface area contributed by atoms with E-state index in [0.717, 1.165) is 18.9 Å². The highest BCUT2D eigenvalue weighted by Crippen LogP contribution is 2.37. The van der Waals surface area contributed by atoms with Gasteiger partial charge in [-0.1, -0.05) is 11.6 Å². The summed E-state index contributed by atoms with van der Waals surface area (Å²) in [5.74, 6) is -1.93. The van der Waals surface area contributed by atoms with Gasteiger partial charge in [-0.15, -0.1) is 0 Å². The molecular weight excluding hydrogens is 466 g/mol. The number of aromatic amines is 1. The van der Waals surface area contributed by atoms with E-state index < -0.39 is 42.2 Å². The Morgan fingerprint density at radius 3 is 2.53 bits per heavy atom. The number of rotatable bonds is 5. The van der Waals surface area contributed by atoms with E-state index in [1.165, 1.54) is 18.5 Å². The summed E-state index contributed by atoms with van der Waals surface area (Å²) in [6, 6.07) is 0.119. The van der Waals surface area contributed by atoms with E-state index in [1.807, 2.05) is 0 Å². The maximum Gasteiger partial charge on any atom is 0.421 e. The number of alkyl halides is 6. The average Bonchev–Trinajstić information content (AvgIpc) is 3.12. The number of halogens is 7. The number of H-pyrrole nitrogens is 1. The van der Waals surface area contributed by atoms with Crippen LogP contribution in [0, 0.1) is 0 Å². The van der Waals surface area contributed by atoms with Crippen molar-refractivity contribution in [3.63, 3.8) is 0 Å². The molecule has 3 rings (SSSR count). The van der Waals surface area contributed by atoms with Crippen LogP contribution in [-0.2, 0) is 11.0 Å². The van der Waals surface area contributed by atoms with Crippen LogP contribution in [-0.4, -0.2) is 51.7 Å². The van der Waals surface area contributed by atoms with Crippen molar-refractivity contribution in [2.75, 3.05) is 18.5 Å². The first-order chi connectivity index (χ1) is 14.8. The predicted octanol–water partition coefficient (Wildman–Crippen LogP) is 4.20. The first kappa shape index (κ1) is 23.6. The molecule has 0 bridgehead atoms. The molecule has 0 aliphatic heterocycles. The van der Waals surface area contributed by atoms with Crippen molar-refractivity contribution in [2.24, 2.45) is 0 Å². The van der Waals surface area contributed by atoms with Crippen LogP contribution in [0.3, 0.4) is 0 Å². The van der Waals surface area contributed by atoms with Crippen molar-refractivity contribution in [1.82, 2.24) is 25.3 Å². The van der Waals surface area contributed by atoms with Crippen LogP contribution < -0.4 is 10.2 Å². The summed E-state index contributed by atoms with van der Waals surface area (Å²) in [5.41, 5.74) is -0.564. The van der Waals surface area contributed by atoms with E-state index >= 15 is 0 Å². The SMILES string of the molecule is C[C@@H](C(=O)NCC(F)(F)F)N(C)c1nc(-c2c[nH]c3ncc(Cl)cc23)ncc1C(F)(F)F. The molecule has 3 aromatic heterocycles. The van der Waals surface area contributed by atoms with Gasteiger partial charge in [0.2, 0.25) is 5.91 Å². The van der Waals surface area contributed by atoms with Gasteiger partial charge < -0.3 is 15.2 Å². The summed E-state index contributed by atoms with van der Waals surface area (Å²) >= 11 is 5.94. The fraction of sp³-hybridized carbons (Fsp3) is 0.333. The van der Waals surface area contributed by atoms with Crippen molar-refractivity contribution in [3.8, 4) is 11.4 Å². The van der Waals surface area contributed by atoms with E-state index in [1.54, 1.807) is 5.32 Å². The van der Waals surface area contributed by atoms with Gasteiger partial charge in [0.15, 0.2) is 5.82 Å². The Hall–Kier alpha value is -3.09. The quantitative estimate of drug-likeness (QED) is 0.535. The molecule has 0 aliphatic rings. The van der Waals surface area contributed by atoms with Gasteiger partial charge in [0.05, 0.1) is 5.02 Å². The van der Waals surface area contributed by atoms with Crippen molar-refractivity contribution in [2.45, 2.75) is 25.3 Å². The highest BCUT2D eigenvalue weighted by molar-refractivity contribution is 6.31. The van der Waals surface area contributed by atoms with Gasteiger partial charge in [0.1, 0.15) is 29.6 Å². The molecular formula is C18H15ClF6N6O. The minimum Gasteiger partial charge on any atom is -0.347 e. The highest BCUT2D eigenvalue weighted by Gasteiger charge is 2.38. The Morgan fingerprint density at radius 1 is 1.22 bits per heavy atom. The molecule has 7 nitrogen and oxygen atoms in total. The molecule has 0 saturated heterocycles. The fourth-order valence-corrected chi connectivity index (χ4v) is 2.99. The molecule has 3 aromatic rings. The summed E-state index contributed by atoms with van der Waals surface area (Å²) in [6.45, 7) is -0.461. The Balaban J connectivity index is 2.03.